The molecule has 0 aromatic heterocycles. The molecule has 6 heteroatoms. The minimum atomic E-state index is -0.777. The zero-order chi connectivity index (χ0) is 18.3. The zero-order valence-corrected chi connectivity index (χ0v) is 16.6. The quantitative estimate of drug-likeness (QED) is 0.572. The van der Waals surface area contributed by atoms with E-state index < -0.39 is 5.54 Å². The van der Waals surface area contributed by atoms with Gasteiger partial charge in [0.1, 0.15) is 5.54 Å². The number of carbonyl (C=O) groups is 1. The molecular formula is C19H27ClN2O2S. The lowest BCUT2D eigenvalue weighted by molar-refractivity contribution is -0.131. The number of hydrogen-bond acceptors (Lipinski definition) is 3. The highest BCUT2D eigenvalue weighted by Gasteiger charge is 2.46. The molecule has 0 radical (unpaired) electrons. The first-order valence-corrected chi connectivity index (χ1v) is 9.70. The number of Topliss-reactive ketones (excluding diaryl/α,β-unsaturated/α-hetero) is 1. The summed E-state index contributed by atoms with van der Waals surface area (Å²) in [6, 6.07) is 7.60. The molecule has 1 aromatic rings. The van der Waals surface area contributed by atoms with Crippen LogP contribution in [-0.4, -0.2) is 42.6 Å². The molecule has 1 aromatic carbocycles. The monoisotopic (exact) mass is 382 g/mol. The molecule has 2 rings (SSSR count). The lowest BCUT2D eigenvalue weighted by Gasteiger charge is -2.45. The van der Waals surface area contributed by atoms with E-state index in [1.807, 2.05) is 43.1 Å². The molecule has 1 saturated carbocycles. The maximum Gasteiger partial charge on any atom is 0.169 e. The first kappa shape index (κ1) is 20.1. The van der Waals surface area contributed by atoms with Gasteiger partial charge in [-0.25, -0.2) is 0 Å². The molecule has 0 heterocycles. The molecular weight excluding hydrogens is 356 g/mol. The van der Waals surface area contributed by atoms with Crippen molar-refractivity contribution >= 4 is 34.7 Å². The van der Waals surface area contributed by atoms with Gasteiger partial charge in [0.15, 0.2) is 10.9 Å². The highest BCUT2D eigenvalue weighted by Crippen LogP contribution is 2.42. The predicted octanol–water partition coefficient (Wildman–Crippen LogP) is 3.91. The highest BCUT2D eigenvalue weighted by atomic mass is 35.5. The molecule has 1 aliphatic rings. The predicted molar refractivity (Wildman–Crippen MR) is 106 cm³/mol. The Labute approximate surface area is 160 Å². The Bertz CT molecular complexity index is 611. The van der Waals surface area contributed by atoms with Crippen LogP contribution in [0, 0.1) is 0 Å². The number of thiocarbonyl (C=S) groups is 1. The van der Waals surface area contributed by atoms with E-state index in [0.29, 0.717) is 29.8 Å². The number of halogens is 1. The number of rotatable bonds is 7. The Morgan fingerprint density at radius 3 is 2.84 bits per heavy atom. The summed E-state index contributed by atoms with van der Waals surface area (Å²) in [4.78, 5) is 14.9. The Kier molecular flexibility index (Phi) is 7.66. The Hall–Kier alpha value is -1.17. The van der Waals surface area contributed by atoms with Gasteiger partial charge in [0, 0.05) is 43.8 Å². The van der Waals surface area contributed by atoms with Gasteiger partial charge in [-0.1, -0.05) is 29.8 Å². The minimum absolute atomic E-state index is 0.188. The lowest BCUT2D eigenvalue weighted by Crippen LogP contribution is -2.56. The number of carbonyl (C=O) groups excluding carboxylic acids is 1. The number of likely N-dealkylation sites (N-methyl/N-ethyl adjacent to an activating group) is 1. The summed E-state index contributed by atoms with van der Waals surface area (Å²) < 4.78 is 5.35. The molecule has 0 spiro atoms. The van der Waals surface area contributed by atoms with Gasteiger partial charge in [0.05, 0.1) is 0 Å². The van der Waals surface area contributed by atoms with Crippen LogP contribution in [0.15, 0.2) is 24.3 Å². The molecule has 4 nitrogen and oxygen atoms in total. The molecule has 0 amide bonds. The van der Waals surface area contributed by atoms with E-state index in [1.165, 1.54) is 0 Å². The topological polar surface area (TPSA) is 41.6 Å². The van der Waals surface area contributed by atoms with Crippen molar-refractivity contribution in [1.82, 2.24) is 10.2 Å². The van der Waals surface area contributed by atoms with Gasteiger partial charge in [0.25, 0.3) is 0 Å². The molecule has 1 unspecified atom stereocenters. The third-order valence-electron chi connectivity index (χ3n) is 4.80. The van der Waals surface area contributed by atoms with Crippen LogP contribution in [0.1, 0.15) is 44.6 Å². The minimum Gasteiger partial charge on any atom is -0.382 e. The van der Waals surface area contributed by atoms with Gasteiger partial charge in [-0.3, -0.25) is 4.79 Å². The van der Waals surface area contributed by atoms with Crippen molar-refractivity contribution in [3.8, 4) is 0 Å². The second kappa shape index (κ2) is 9.51. The highest BCUT2D eigenvalue weighted by molar-refractivity contribution is 7.80. The van der Waals surface area contributed by atoms with Crippen molar-refractivity contribution in [3.05, 3.63) is 34.9 Å². The van der Waals surface area contributed by atoms with Gasteiger partial charge in [-0.15, -0.1) is 0 Å². The second-order valence-electron chi connectivity index (χ2n) is 6.31. The molecule has 0 aliphatic heterocycles. The maximum absolute atomic E-state index is 13.0. The Morgan fingerprint density at radius 2 is 2.16 bits per heavy atom. The number of ketones is 1. The summed E-state index contributed by atoms with van der Waals surface area (Å²) in [6.07, 6.45) is 4.06. The third kappa shape index (κ3) is 4.52. The standard InChI is InChI=1S/C19H27ClN2O2S/c1-3-24-14-8-13-21-18(25)22(2)19(12-7-6-11-17(19)23)15-9-4-5-10-16(15)20/h4-5,9-10H,3,6-8,11-14H2,1-2H3,(H,21,25). The molecule has 1 aliphatic carbocycles. The van der Waals surface area contributed by atoms with Crippen LogP contribution < -0.4 is 5.32 Å². The van der Waals surface area contributed by atoms with E-state index in [0.717, 1.165) is 37.8 Å². The number of nitrogens with one attached hydrogen (secondary N) is 1. The normalized spacial score (nSPS) is 20.4. The third-order valence-corrected chi connectivity index (χ3v) is 5.54. The van der Waals surface area contributed by atoms with E-state index in [1.54, 1.807) is 0 Å². The van der Waals surface area contributed by atoms with Crippen molar-refractivity contribution < 1.29 is 9.53 Å². The van der Waals surface area contributed by atoms with Crippen LogP contribution >= 0.6 is 23.8 Å². The molecule has 1 fully saturated rings. The smallest absolute Gasteiger partial charge is 0.169 e. The molecule has 138 valence electrons. The van der Waals surface area contributed by atoms with E-state index in [4.69, 9.17) is 28.6 Å². The van der Waals surface area contributed by atoms with E-state index in [2.05, 4.69) is 5.32 Å². The number of ether oxygens (including phenoxy) is 1. The van der Waals surface area contributed by atoms with Gasteiger partial charge < -0.3 is 15.0 Å². The number of hydrogen-bond donors (Lipinski definition) is 1. The molecule has 1 N–H and O–H groups in total. The first-order chi connectivity index (χ1) is 12.0. The van der Waals surface area contributed by atoms with Crippen LogP contribution in [-0.2, 0) is 15.1 Å². The second-order valence-corrected chi connectivity index (χ2v) is 7.11. The molecule has 25 heavy (non-hydrogen) atoms. The summed E-state index contributed by atoms with van der Waals surface area (Å²) >= 11 is 12.0. The van der Waals surface area contributed by atoms with Crippen molar-refractivity contribution in [1.29, 1.82) is 0 Å². The number of nitrogens with zero attached hydrogens (tertiary/aromatic N) is 1. The van der Waals surface area contributed by atoms with Crippen molar-refractivity contribution in [2.24, 2.45) is 0 Å². The zero-order valence-electron chi connectivity index (χ0n) is 15.0. The molecule has 0 saturated heterocycles. The average Bonchev–Trinajstić information content (AvgIpc) is 2.62. The van der Waals surface area contributed by atoms with E-state index in [-0.39, 0.29) is 5.78 Å². The van der Waals surface area contributed by atoms with Crippen molar-refractivity contribution in [3.63, 3.8) is 0 Å². The van der Waals surface area contributed by atoms with Crippen LogP contribution in [0.5, 0.6) is 0 Å². The van der Waals surface area contributed by atoms with Gasteiger partial charge in [-0.05, 0) is 50.9 Å². The lowest BCUT2D eigenvalue weighted by atomic mass is 9.74. The first-order valence-electron chi connectivity index (χ1n) is 8.91. The van der Waals surface area contributed by atoms with E-state index in [9.17, 15) is 4.79 Å². The SMILES string of the molecule is CCOCCCNC(=S)N(C)C1(c2ccccc2Cl)CCCCC1=O. The van der Waals surface area contributed by atoms with E-state index >= 15 is 0 Å². The summed E-state index contributed by atoms with van der Waals surface area (Å²) in [5.41, 5.74) is 0.0722. The van der Waals surface area contributed by atoms with Crippen LogP contribution in [0.2, 0.25) is 5.02 Å². The van der Waals surface area contributed by atoms with Gasteiger partial charge in [0.2, 0.25) is 0 Å². The summed E-state index contributed by atoms with van der Waals surface area (Å²) in [5, 5.41) is 4.45. The van der Waals surface area contributed by atoms with Crippen molar-refractivity contribution in [2.45, 2.75) is 44.6 Å². The summed E-state index contributed by atoms with van der Waals surface area (Å²) in [7, 11) is 1.89. The Balaban J connectivity index is 2.20. The molecule has 1 atom stereocenters. The van der Waals surface area contributed by atoms with Gasteiger partial charge >= 0.3 is 0 Å². The molecule has 0 bridgehead atoms. The van der Waals surface area contributed by atoms with Crippen LogP contribution in [0.3, 0.4) is 0 Å². The summed E-state index contributed by atoms with van der Waals surface area (Å²) in [5.74, 6) is 0.188. The van der Waals surface area contributed by atoms with Crippen molar-refractivity contribution in [2.75, 3.05) is 26.8 Å². The maximum atomic E-state index is 13.0. The Morgan fingerprint density at radius 1 is 1.40 bits per heavy atom. The number of benzene rings is 1. The fourth-order valence-electron chi connectivity index (χ4n) is 3.44. The largest absolute Gasteiger partial charge is 0.382 e. The fourth-order valence-corrected chi connectivity index (χ4v) is 3.99. The average molecular weight is 383 g/mol. The van der Waals surface area contributed by atoms with Crippen LogP contribution in [0.25, 0.3) is 0 Å². The summed E-state index contributed by atoms with van der Waals surface area (Å²) in [6.45, 7) is 4.11. The van der Waals surface area contributed by atoms with Gasteiger partial charge in [-0.2, -0.15) is 0 Å². The van der Waals surface area contributed by atoms with Crippen LogP contribution in [0.4, 0.5) is 0 Å². The fraction of sp³-hybridized carbons (Fsp3) is 0.579.